The number of aliphatic hydroxyl groups excluding tert-OH is 1. The number of amides is 1. The first-order valence-electron chi connectivity index (χ1n) is 6.41. The van der Waals surface area contributed by atoms with E-state index in [-0.39, 0.29) is 12.0 Å². The Bertz CT molecular complexity index is 402. The number of likely N-dealkylation sites (tertiary alicyclic amines) is 1. The van der Waals surface area contributed by atoms with Gasteiger partial charge in [0, 0.05) is 18.7 Å². The van der Waals surface area contributed by atoms with Gasteiger partial charge in [0.05, 0.1) is 12.7 Å². The van der Waals surface area contributed by atoms with Gasteiger partial charge in [0.25, 0.3) is 5.91 Å². The summed E-state index contributed by atoms with van der Waals surface area (Å²) in [4.78, 5) is 13.9. The molecule has 1 amide bonds. The molecule has 1 saturated heterocycles. The lowest BCUT2D eigenvalue weighted by Crippen LogP contribution is -2.42. The van der Waals surface area contributed by atoms with Gasteiger partial charge in [-0.1, -0.05) is 0 Å². The molecule has 1 aromatic rings. The molecule has 4 heteroatoms. The van der Waals surface area contributed by atoms with E-state index in [1.807, 2.05) is 6.92 Å². The van der Waals surface area contributed by atoms with Gasteiger partial charge in [-0.3, -0.25) is 4.79 Å². The Labute approximate surface area is 107 Å². The summed E-state index contributed by atoms with van der Waals surface area (Å²) >= 11 is 0. The van der Waals surface area contributed by atoms with Crippen LogP contribution in [0.15, 0.2) is 24.3 Å². The number of carbonyl (C=O) groups is 1. The van der Waals surface area contributed by atoms with Crippen LogP contribution in [0.2, 0.25) is 0 Å². The van der Waals surface area contributed by atoms with Crippen LogP contribution in [0.4, 0.5) is 0 Å². The molecule has 0 saturated carbocycles. The van der Waals surface area contributed by atoms with Gasteiger partial charge < -0.3 is 14.7 Å². The molecule has 0 bridgehead atoms. The first kappa shape index (κ1) is 12.9. The van der Waals surface area contributed by atoms with Crippen molar-refractivity contribution in [2.24, 2.45) is 0 Å². The molecule has 1 N–H and O–H groups in total. The molecule has 1 aliphatic heterocycles. The van der Waals surface area contributed by atoms with E-state index in [9.17, 15) is 9.90 Å². The van der Waals surface area contributed by atoms with Gasteiger partial charge in [-0.05, 0) is 44.0 Å². The average molecular weight is 249 g/mol. The van der Waals surface area contributed by atoms with Crippen LogP contribution in [0.1, 0.15) is 30.1 Å². The molecule has 0 aromatic heterocycles. The quantitative estimate of drug-likeness (QED) is 0.886. The summed E-state index contributed by atoms with van der Waals surface area (Å²) in [7, 11) is 0. The van der Waals surface area contributed by atoms with E-state index in [0.29, 0.717) is 18.7 Å². The molecular formula is C14H19NO3. The van der Waals surface area contributed by atoms with Crippen LogP contribution in [0.25, 0.3) is 0 Å². The summed E-state index contributed by atoms with van der Waals surface area (Å²) in [5.41, 5.74) is 0.646. The maximum atomic E-state index is 12.2. The Morgan fingerprint density at radius 3 is 2.78 bits per heavy atom. The largest absolute Gasteiger partial charge is 0.494 e. The Hall–Kier alpha value is -1.55. The van der Waals surface area contributed by atoms with Crippen molar-refractivity contribution in [3.8, 4) is 5.75 Å². The molecule has 0 radical (unpaired) electrons. The first-order valence-corrected chi connectivity index (χ1v) is 6.41. The van der Waals surface area contributed by atoms with E-state index >= 15 is 0 Å². The highest BCUT2D eigenvalue weighted by Crippen LogP contribution is 2.16. The van der Waals surface area contributed by atoms with E-state index in [4.69, 9.17) is 4.74 Å². The molecule has 0 aliphatic carbocycles. The second-order valence-corrected chi connectivity index (χ2v) is 4.50. The molecule has 1 heterocycles. The summed E-state index contributed by atoms with van der Waals surface area (Å²) in [6.07, 6.45) is 1.27. The molecule has 1 aliphatic rings. The number of β-amino-alcohol motifs (C(OH)–C–C–N with tert-alkyl or cyclic N) is 1. The number of aliphatic hydroxyl groups is 1. The van der Waals surface area contributed by atoms with Crippen LogP contribution >= 0.6 is 0 Å². The second kappa shape index (κ2) is 5.87. The maximum Gasteiger partial charge on any atom is 0.253 e. The zero-order chi connectivity index (χ0) is 13.0. The third-order valence-electron chi connectivity index (χ3n) is 3.10. The third kappa shape index (κ3) is 3.01. The van der Waals surface area contributed by atoms with Crippen LogP contribution in [0.5, 0.6) is 5.75 Å². The van der Waals surface area contributed by atoms with Gasteiger partial charge in [0.1, 0.15) is 5.75 Å². The van der Waals surface area contributed by atoms with Crippen LogP contribution < -0.4 is 4.74 Å². The SMILES string of the molecule is CCOc1ccc(C(=O)N2CCCC(O)C2)cc1. The molecule has 1 atom stereocenters. The number of ether oxygens (including phenoxy) is 1. The summed E-state index contributed by atoms with van der Waals surface area (Å²) in [5, 5.41) is 9.58. The highest BCUT2D eigenvalue weighted by molar-refractivity contribution is 5.94. The average Bonchev–Trinajstić information content (AvgIpc) is 2.39. The molecule has 18 heavy (non-hydrogen) atoms. The van der Waals surface area contributed by atoms with E-state index in [1.165, 1.54) is 0 Å². The van der Waals surface area contributed by atoms with Crippen molar-refractivity contribution < 1.29 is 14.6 Å². The first-order chi connectivity index (χ1) is 8.70. The Balaban J connectivity index is 2.03. The number of hydrogen-bond donors (Lipinski definition) is 1. The molecule has 1 aromatic carbocycles. The summed E-state index contributed by atoms with van der Waals surface area (Å²) in [6, 6.07) is 7.15. The van der Waals surface area contributed by atoms with Gasteiger partial charge in [-0.25, -0.2) is 0 Å². The number of carbonyl (C=O) groups excluding carboxylic acids is 1. The zero-order valence-corrected chi connectivity index (χ0v) is 10.6. The normalized spacial score (nSPS) is 19.7. The molecule has 98 valence electrons. The molecule has 1 unspecified atom stereocenters. The molecule has 1 fully saturated rings. The fourth-order valence-electron chi connectivity index (χ4n) is 2.18. The summed E-state index contributed by atoms with van der Waals surface area (Å²) in [6.45, 7) is 3.70. The molecule has 4 nitrogen and oxygen atoms in total. The van der Waals surface area contributed by atoms with E-state index in [2.05, 4.69) is 0 Å². The van der Waals surface area contributed by atoms with Crippen molar-refractivity contribution in [2.45, 2.75) is 25.9 Å². The fraction of sp³-hybridized carbons (Fsp3) is 0.500. The van der Waals surface area contributed by atoms with Crippen molar-refractivity contribution in [1.29, 1.82) is 0 Å². The van der Waals surface area contributed by atoms with Crippen molar-refractivity contribution in [1.82, 2.24) is 4.90 Å². The van der Waals surface area contributed by atoms with E-state index in [1.54, 1.807) is 29.2 Å². The number of benzene rings is 1. The smallest absolute Gasteiger partial charge is 0.253 e. The summed E-state index contributed by atoms with van der Waals surface area (Å²) in [5.74, 6) is 0.754. The third-order valence-corrected chi connectivity index (χ3v) is 3.10. The molecule has 2 rings (SSSR count). The zero-order valence-electron chi connectivity index (χ0n) is 10.6. The van der Waals surface area contributed by atoms with Gasteiger partial charge in [-0.2, -0.15) is 0 Å². The highest BCUT2D eigenvalue weighted by atomic mass is 16.5. The molecular weight excluding hydrogens is 230 g/mol. The Kier molecular flexibility index (Phi) is 4.20. The number of rotatable bonds is 3. The Morgan fingerprint density at radius 1 is 1.44 bits per heavy atom. The monoisotopic (exact) mass is 249 g/mol. The number of piperidine rings is 1. The second-order valence-electron chi connectivity index (χ2n) is 4.50. The lowest BCUT2D eigenvalue weighted by molar-refractivity contribution is 0.0473. The summed E-state index contributed by atoms with van der Waals surface area (Å²) < 4.78 is 5.34. The standard InChI is InChI=1S/C14H19NO3/c1-2-18-13-7-5-11(6-8-13)14(17)15-9-3-4-12(16)10-15/h5-8,12,16H,2-4,9-10H2,1H3. The van der Waals surface area contributed by atoms with Gasteiger partial charge >= 0.3 is 0 Å². The van der Waals surface area contributed by atoms with Crippen LogP contribution in [0, 0.1) is 0 Å². The number of hydrogen-bond acceptors (Lipinski definition) is 3. The minimum absolute atomic E-state index is 0.0169. The lowest BCUT2D eigenvalue weighted by atomic mass is 10.1. The predicted octanol–water partition coefficient (Wildman–Crippen LogP) is 1.68. The predicted molar refractivity (Wildman–Crippen MR) is 68.8 cm³/mol. The minimum atomic E-state index is -0.384. The molecule has 0 spiro atoms. The minimum Gasteiger partial charge on any atom is -0.494 e. The Morgan fingerprint density at radius 2 is 2.17 bits per heavy atom. The van der Waals surface area contributed by atoms with E-state index < -0.39 is 0 Å². The fourth-order valence-corrected chi connectivity index (χ4v) is 2.18. The van der Waals surface area contributed by atoms with Crippen molar-refractivity contribution in [3.05, 3.63) is 29.8 Å². The van der Waals surface area contributed by atoms with Crippen molar-refractivity contribution in [3.63, 3.8) is 0 Å². The van der Waals surface area contributed by atoms with Crippen LogP contribution in [-0.4, -0.2) is 41.7 Å². The van der Waals surface area contributed by atoms with E-state index in [0.717, 1.165) is 25.1 Å². The topological polar surface area (TPSA) is 49.8 Å². The van der Waals surface area contributed by atoms with Crippen molar-refractivity contribution in [2.75, 3.05) is 19.7 Å². The highest BCUT2D eigenvalue weighted by Gasteiger charge is 2.22. The van der Waals surface area contributed by atoms with Crippen molar-refractivity contribution >= 4 is 5.91 Å². The van der Waals surface area contributed by atoms with Gasteiger partial charge in [0.15, 0.2) is 0 Å². The van der Waals surface area contributed by atoms with Gasteiger partial charge in [0.2, 0.25) is 0 Å². The van der Waals surface area contributed by atoms with Crippen LogP contribution in [-0.2, 0) is 0 Å². The number of nitrogens with zero attached hydrogens (tertiary/aromatic N) is 1. The maximum absolute atomic E-state index is 12.2. The lowest BCUT2D eigenvalue weighted by Gasteiger charge is -2.30. The van der Waals surface area contributed by atoms with Gasteiger partial charge in [-0.15, -0.1) is 0 Å². The van der Waals surface area contributed by atoms with Crippen LogP contribution in [0.3, 0.4) is 0 Å².